The van der Waals surface area contributed by atoms with Gasteiger partial charge < -0.3 is 35.0 Å². The Hall–Kier alpha value is -2.33. The Balaban J connectivity index is 1.86. The van der Waals surface area contributed by atoms with Crippen LogP contribution in [0.4, 0.5) is 0 Å². The summed E-state index contributed by atoms with van der Waals surface area (Å²) in [5, 5.41) is 49.9. The van der Waals surface area contributed by atoms with Crippen LogP contribution in [-0.4, -0.2) is 68.1 Å². The van der Waals surface area contributed by atoms with Crippen LogP contribution in [0.2, 0.25) is 0 Å². The number of carbonyl (C=O) groups is 1. The molecule has 0 aliphatic carbocycles. The quantitative estimate of drug-likeness (QED) is 0.400. The molecule has 1 saturated heterocycles. The lowest BCUT2D eigenvalue weighted by atomic mass is 9.96. The van der Waals surface area contributed by atoms with Crippen LogP contribution < -0.4 is 4.74 Å². The molecule has 1 fully saturated rings. The van der Waals surface area contributed by atoms with Gasteiger partial charge >= 0.3 is 0 Å². The summed E-state index contributed by atoms with van der Waals surface area (Å²) < 4.78 is 11.4. The first kappa shape index (κ1) is 23.3. The first-order chi connectivity index (χ1) is 14.7. The van der Waals surface area contributed by atoms with E-state index in [1.807, 2.05) is 12.1 Å². The SMILES string of the molecule is CC(=O)c1ccc(Cc2ccc(CO)cc2O[C@@H]2O[C@H]([C@@H](C)O)[C@@H](O)[C@H](O)[C@H]2O)cc1. The van der Waals surface area contributed by atoms with Crippen LogP contribution >= 0.6 is 0 Å². The van der Waals surface area contributed by atoms with Crippen LogP contribution in [0.5, 0.6) is 5.75 Å². The highest BCUT2D eigenvalue weighted by molar-refractivity contribution is 5.94. The maximum absolute atomic E-state index is 11.5. The van der Waals surface area contributed by atoms with Gasteiger partial charge in [-0.3, -0.25) is 4.79 Å². The molecule has 8 heteroatoms. The monoisotopic (exact) mass is 432 g/mol. The molecular formula is C23H28O8. The molecule has 3 rings (SSSR count). The summed E-state index contributed by atoms with van der Waals surface area (Å²) in [4.78, 5) is 11.5. The molecule has 8 nitrogen and oxygen atoms in total. The number of hydrogen-bond acceptors (Lipinski definition) is 8. The van der Waals surface area contributed by atoms with Gasteiger partial charge in [0, 0.05) is 12.0 Å². The Bertz CT molecular complexity index is 895. The van der Waals surface area contributed by atoms with E-state index >= 15 is 0 Å². The van der Waals surface area contributed by atoms with Crippen molar-refractivity contribution in [2.75, 3.05) is 0 Å². The van der Waals surface area contributed by atoms with E-state index in [-0.39, 0.29) is 12.4 Å². The number of ketones is 1. The summed E-state index contributed by atoms with van der Waals surface area (Å²) >= 11 is 0. The van der Waals surface area contributed by atoms with Gasteiger partial charge in [-0.1, -0.05) is 36.4 Å². The van der Waals surface area contributed by atoms with Crippen molar-refractivity contribution < 1.29 is 39.8 Å². The van der Waals surface area contributed by atoms with Crippen LogP contribution in [0.25, 0.3) is 0 Å². The lowest BCUT2D eigenvalue weighted by Crippen LogP contribution is -2.61. The highest BCUT2D eigenvalue weighted by atomic mass is 16.7. The Labute approximate surface area is 180 Å². The normalized spacial score (nSPS) is 27.0. The average molecular weight is 432 g/mol. The molecule has 5 N–H and O–H groups in total. The van der Waals surface area contributed by atoms with Crippen LogP contribution in [0.15, 0.2) is 42.5 Å². The molecule has 0 bridgehead atoms. The second-order valence-corrected chi connectivity index (χ2v) is 7.83. The molecule has 0 amide bonds. The summed E-state index contributed by atoms with van der Waals surface area (Å²) in [6.45, 7) is 2.67. The highest BCUT2D eigenvalue weighted by Crippen LogP contribution is 2.30. The summed E-state index contributed by atoms with van der Waals surface area (Å²) in [6, 6.07) is 12.2. The van der Waals surface area contributed by atoms with Gasteiger partial charge in [-0.05, 0) is 36.6 Å². The average Bonchev–Trinajstić information content (AvgIpc) is 2.75. The number of aliphatic hydroxyl groups is 5. The molecule has 2 aromatic rings. The zero-order valence-corrected chi connectivity index (χ0v) is 17.4. The third-order valence-electron chi connectivity index (χ3n) is 5.39. The zero-order chi connectivity index (χ0) is 22.7. The fourth-order valence-electron chi connectivity index (χ4n) is 3.53. The molecule has 0 aromatic heterocycles. The van der Waals surface area contributed by atoms with Crippen molar-refractivity contribution in [3.63, 3.8) is 0 Å². The van der Waals surface area contributed by atoms with Crippen LogP contribution in [0.1, 0.15) is 40.9 Å². The van der Waals surface area contributed by atoms with E-state index in [4.69, 9.17) is 9.47 Å². The standard InChI is InChI=1S/C23H28O8/c1-12(25)16-6-3-14(4-7-16)9-17-8-5-15(11-24)10-18(17)30-23-21(29)19(27)20(28)22(31-23)13(2)26/h3-8,10,13,19-24,26-29H,9,11H2,1-2H3/t13-,19+,20+,21-,22-,23-/m1/s1. The van der Waals surface area contributed by atoms with E-state index in [1.165, 1.54) is 13.8 Å². The van der Waals surface area contributed by atoms with E-state index in [9.17, 15) is 30.3 Å². The van der Waals surface area contributed by atoms with E-state index in [2.05, 4.69) is 0 Å². The number of rotatable bonds is 7. The van der Waals surface area contributed by atoms with Gasteiger partial charge in [-0.2, -0.15) is 0 Å². The van der Waals surface area contributed by atoms with Gasteiger partial charge in [0.1, 0.15) is 30.2 Å². The molecule has 2 aromatic carbocycles. The molecule has 6 atom stereocenters. The van der Waals surface area contributed by atoms with E-state index in [1.54, 1.807) is 30.3 Å². The summed E-state index contributed by atoms with van der Waals surface area (Å²) in [7, 11) is 0. The fourth-order valence-corrected chi connectivity index (χ4v) is 3.53. The Morgan fingerprint density at radius 2 is 1.68 bits per heavy atom. The third-order valence-corrected chi connectivity index (χ3v) is 5.39. The summed E-state index contributed by atoms with van der Waals surface area (Å²) in [5.41, 5.74) is 2.81. The highest BCUT2D eigenvalue weighted by Gasteiger charge is 2.46. The molecule has 0 spiro atoms. The lowest BCUT2D eigenvalue weighted by molar-refractivity contribution is -0.286. The van der Waals surface area contributed by atoms with Crippen molar-refractivity contribution >= 4 is 5.78 Å². The minimum absolute atomic E-state index is 0.0280. The number of ether oxygens (including phenoxy) is 2. The maximum atomic E-state index is 11.5. The van der Waals surface area contributed by atoms with E-state index < -0.39 is 36.8 Å². The topological polar surface area (TPSA) is 137 Å². The van der Waals surface area contributed by atoms with Crippen molar-refractivity contribution in [1.29, 1.82) is 0 Å². The predicted octanol–water partition coefficient (Wildman–Crippen LogP) is 0.539. The molecule has 0 saturated carbocycles. The Morgan fingerprint density at radius 3 is 2.26 bits per heavy atom. The van der Waals surface area contributed by atoms with Crippen LogP contribution in [0.3, 0.4) is 0 Å². The lowest BCUT2D eigenvalue weighted by Gasteiger charge is -2.41. The number of carbonyl (C=O) groups excluding carboxylic acids is 1. The van der Waals surface area contributed by atoms with Crippen molar-refractivity contribution in [3.8, 4) is 5.75 Å². The number of benzene rings is 2. The molecule has 1 aliphatic heterocycles. The molecule has 1 aliphatic rings. The second-order valence-electron chi connectivity index (χ2n) is 7.83. The molecule has 0 radical (unpaired) electrons. The van der Waals surface area contributed by atoms with Gasteiger partial charge in [0.25, 0.3) is 0 Å². The van der Waals surface area contributed by atoms with Crippen molar-refractivity contribution in [2.45, 2.75) is 63.7 Å². The van der Waals surface area contributed by atoms with Gasteiger partial charge in [0.2, 0.25) is 6.29 Å². The van der Waals surface area contributed by atoms with Gasteiger partial charge in [0.05, 0.1) is 12.7 Å². The molecule has 31 heavy (non-hydrogen) atoms. The van der Waals surface area contributed by atoms with Crippen LogP contribution in [-0.2, 0) is 17.8 Å². The van der Waals surface area contributed by atoms with E-state index in [0.29, 0.717) is 23.3 Å². The van der Waals surface area contributed by atoms with E-state index in [0.717, 1.165) is 11.1 Å². The van der Waals surface area contributed by atoms with Crippen molar-refractivity contribution in [3.05, 3.63) is 64.7 Å². The van der Waals surface area contributed by atoms with Gasteiger partial charge in [0.15, 0.2) is 5.78 Å². The smallest absolute Gasteiger partial charge is 0.229 e. The maximum Gasteiger partial charge on any atom is 0.229 e. The van der Waals surface area contributed by atoms with Gasteiger partial charge in [-0.15, -0.1) is 0 Å². The first-order valence-corrected chi connectivity index (χ1v) is 10.1. The van der Waals surface area contributed by atoms with Gasteiger partial charge in [-0.25, -0.2) is 0 Å². The molecular weight excluding hydrogens is 404 g/mol. The van der Waals surface area contributed by atoms with Crippen molar-refractivity contribution in [1.82, 2.24) is 0 Å². The molecule has 0 unspecified atom stereocenters. The summed E-state index contributed by atoms with van der Waals surface area (Å²) in [6.07, 6.45) is -7.75. The zero-order valence-electron chi connectivity index (χ0n) is 17.4. The third kappa shape index (κ3) is 5.30. The number of hydrogen-bond donors (Lipinski definition) is 5. The minimum Gasteiger partial charge on any atom is -0.462 e. The first-order valence-electron chi connectivity index (χ1n) is 10.1. The molecule has 168 valence electrons. The Morgan fingerprint density at radius 1 is 1.03 bits per heavy atom. The Kier molecular flexibility index (Phi) is 7.42. The fraction of sp³-hybridized carbons (Fsp3) is 0.435. The summed E-state index contributed by atoms with van der Waals surface area (Å²) in [5.74, 6) is 0.291. The molecule has 1 heterocycles. The second kappa shape index (κ2) is 9.86. The number of Topliss-reactive ketones (excluding diaryl/α,β-unsaturated/α-hetero) is 1. The largest absolute Gasteiger partial charge is 0.462 e. The minimum atomic E-state index is -1.57. The van der Waals surface area contributed by atoms with Crippen molar-refractivity contribution in [2.24, 2.45) is 0 Å². The predicted molar refractivity (Wildman–Crippen MR) is 111 cm³/mol. The van der Waals surface area contributed by atoms with Crippen LogP contribution in [0, 0.1) is 0 Å². The number of aliphatic hydroxyl groups excluding tert-OH is 5.